The smallest absolute Gasteiger partial charge is 0.379 e. The van der Waals surface area contributed by atoms with Crippen molar-refractivity contribution < 1.29 is 17.9 Å². The standard InChI is InChI=1S/C9H13F3N6O/c10-9(11,12)6-5-7(15-8(14-6)16-13)17-18-1-3-19-4-2-18/h5H,1-4,13H2,(H2,14,15,16,17). The number of hydrogen-bond donors (Lipinski definition) is 3. The molecule has 1 aliphatic rings. The summed E-state index contributed by atoms with van der Waals surface area (Å²) in [5.41, 5.74) is 3.72. The van der Waals surface area contributed by atoms with E-state index in [9.17, 15) is 13.2 Å². The third kappa shape index (κ3) is 3.66. The highest BCUT2D eigenvalue weighted by atomic mass is 19.4. The minimum atomic E-state index is -4.56. The predicted molar refractivity (Wildman–Crippen MR) is 60.9 cm³/mol. The Morgan fingerprint density at radius 1 is 1.26 bits per heavy atom. The average molecular weight is 278 g/mol. The van der Waals surface area contributed by atoms with Crippen LogP contribution >= 0.6 is 0 Å². The Kier molecular flexibility index (Phi) is 4.02. The Morgan fingerprint density at radius 2 is 1.95 bits per heavy atom. The predicted octanol–water partition coefficient (Wildman–Crippen LogP) is 0.440. The molecule has 0 amide bonds. The third-order valence-corrected chi connectivity index (χ3v) is 2.43. The lowest BCUT2D eigenvalue weighted by Gasteiger charge is -2.27. The van der Waals surface area contributed by atoms with Gasteiger partial charge in [-0.25, -0.2) is 15.8 Å². The molecule has 0 unspecified atom stereocenters. The molecule has 10 heteroatoms. The first-order valence-corrected chi connectivity index (χ1v) is 5.51. The van der Waals surface area contributed by atoms with Gasteiger partial charge in [-0.2, -0.15) is 18.2 Å². The van der Waals surface area contributed by atoms with Crippen LogP contribution in [0.3, 0.4) is 0 Å². The molecule has 1 saturated heterocycles. The van der Waals surface area contributed by atoms with Gasteiger partial charge in [0.2, 0.25) is 5.95 Å². The molecule has 2 rings (SSSR count). The second-order valence-electron chi connectivity index (χ2n) is 3.82. The van der Waals surface area contributed by atoms with Crippen LogP contribution in [0.2, 0.25) is 0 Å². The molecule has 1 aromatic rings. The highest BCUT2D eigenvalue weighted by molar-refractivity contribution is 5.42. The number of nitrogens with zero attached hydrogens (tertiary/aromatic N) is 3. The van der Waals surface area contributed by atoms with Crippen LogP contribution in [0.1, 0.15) is 5.69 Å². The van der Waals surface area contributed by atoms with E-state index in [1.54, 1.807) is 5.01 Å². The zero-order valence-corrected chi connectivity index (χ0v) is 9.87. The summed E-state index contributed by atoms with van der Waals surface area (Å²) in [5, 5.41) is 1.71. The van der Waals surface area contributed by atoms with Crippen LogP contribution in [-0.2, 0) is 10.9 Å². The van der Waals surface area contributed by atoms with Crippen LogP contribution in [0.5, 0.6) is 0 Å². The van der Waals surface area contributed by atoms with Gasteiger partial charge in [-0.3, -0.25) is 5.43 Å². The van der Waals surface area contributed by atoms with E-state index in [4.69, 9.17) is 10.6 Å². The number of ether oxygens (including phenoxy) is 1. The van der Waals surface area contributed by atoms with Gasteiger partial charge in [0.1, 0.15) is 5.82 Å². The van der Waals surface area contributed by atoms with Crippen molar-refractivity contribution in [1.29, 1.82) is 0 Å². The number of alkyl halides is 3. The van der Waals surface area contributed by atoms with E-state index < -0.39 is 11.9 Å². The first-order valence-electron chi connectivity index (χ1n) is 5.51. The van der Waals surface area contributed by atoms with Gasteiger partial charge in [0, 0.05) is 19.2 Å². The maximum Gasteiger partial charge on any atom is 0.433 e. The Balaban J connectivity index is 2.19. The van der Waals surface area contributed by atoms with Crippen LogP contribution in [0, 0.1) is 0 Å². The van der Waals surface area contributed by atoms with Crippen molar-refractivity contribution in [3.63, 3.8) is 0 Å². The number of hydrazine groups is 2. The monoisotopic (exact) mass is 278 g/mol. The second kappa shape index (κ2) is 5.55. The number of rotatable bonds is 3. The number of nitrogens with two attached hydrogens (primary N) is 1. The molecule has 0 spiro atoms. The molecule has 0 bridgehead atoms. The highest BCUT2D eigenvalue weighted by Crippen LogP contribution is 2.29. The summed E-state index contributed by atoms with van der Waals surface area (Å²) < 4.78 is 43.1. The van der Waals surface area contributed by atoms with Crippen molar-refractivity contribution in [2.45, 2.75) is 6.18 Å². The Labute approximate surface area is 106 Å². The molecule has 1 aromatic heterocycles. The molecule has 0 aromatic carbocycles. The van der Waals surface area contributed by atoms with Gasteiger partial charge in [-0.15, -0.1) is 0 Å². The maximum absolute atomic E-state index is 12.6. The van der Waals surface area contributed by atoms with Gasteiger partial charge >= 0.3 is 6.18 Å². The molecular formula is C9H13F3N6O. The number of morpholine rings is 1. The minimum Gasteiger partial charge on any atom is -0.379 e. The Morgan fingerprint density at radius 3 is 2.53 bits per heavy atom. The fourth-order valence-electron chi connectivity index (χ4n) is 1.55. The van der Waals surface area contributed by atoms with E-state index in [0.29, 0.717) is 26.3 Å². The molecule has 0 aliphatic carbocycles. The van der Waals surface area contributed by atoms with E-state index in [0.717, 1.165) is 6.07 Å². The summed E-state index contributed by atoms with van der Waals surface area (Å²) in [6.07, 6.45) is -4.56. The number of nitrogen functional groups attached to an aromatic ring is 1. The molecule has 0 saturated carbocycles. The zero-order valence-electron chi connectivity index (χ0n) is 9.87. The second-order valence-corrected chi connectivity index (χ2v) is 3.82. The van der Waals surface area contributed by atoms with Gasteiger partial charge in [-0.1, -0.05) is 0 Å². The van der Waals surface area contributed by atoms with Crippen molar-refractivity contribution in [2.24, 2.45) is 5.84 Å². The van der Waals surface area contributed by atoms with Gasteiger partial charge in [-0.05, 0) is 0 Å². The molecule has 7 nitrogen and oxygen atoms in total. The molecule has 4 N–H and O–H groups in total. The van der Waals surface area contributed by atoms with Gasteiger partial charge in [0.25, 0.3) is 0 Å². The number of halogens is 3. The molecule has 0 radical (unpaired) electrons. The lowest BCUT2D eigenvalue weighted by atomic mass is 10.4. The minimum absolute atomic E-state index is 0.0252. The van der Waals surface area contributed by atoms with Crippen molar-refractivity contribution in [3.8, 4) is 0 Å². The third-order valence-electron chi connectivity index (χ3n) is 2.43. The van der Waals surface area contributed by atoms with Crippen LogP contribution in [0.4, 0.5) is 24.9 Å². The SMILES string of the molecule is NNc1nc(NN2CCOCC2)cc(C(F)(F)F)n1. The largest absolute Gasteiger partial charge is 0.433 e. The fourth-order valence-corrected chi connectivity index (χ4v) is 1.55. The molecule has 106 valence electrons. The van der Waals surface area contributed by atoms with Crippen molar-refractivity contribution in [1.82, 2.24) is 15.0 Å². The van der Waals surface area contributed by atoms with Crippen LogP contribution in [0.25, 0.3) is 0 Å². The Hall–Kier alpha value is -1.65. The first-order chi connectivity index (χ1) is 8.99. The lowest BCUT2D eigenvalue weighted by Crippen LogP contribution is -2.40. The van der Waals surface area contributed by atoms with Crippen LogP contribution in [0.15, 0.2) is 6.07 Å². The van der Waals surface area contributed by atoms with Crippen LogP contribution in [-0.4, -0.2) is 41.3 Å². The fraction of sp³-hybridized carbons (Fsp3) is 0.556. The summed E-state index contributed by atoms with van der Waals surface area (Å²) in [6.45, 7) is 2.12. The molecule has 0 atom stereocenters. The molecular weight excluding hydrogens is 265 g/mol. The summed E-state index contributed by atoms with van der Waals surface area (Å²) >= 11 is 0. The van der Waals surface area contributed by atoms with E-state index in [1.807, 2.05) is 5.43 Å². The summed E-state index contributed by atoms with van der Waals surface area (Å²) in [7, 11) is 0. The van der Waals surface area contributed by atoms with Crippen molar-refractivity contribution >= 4 is 11.8 Å². The van der Waals surface area contributed by atoms with E-state index in [1.165, 1.54) is 0 Å². The average Bonchev–Trinajstić information content (AvgIpc) is 2.38. The van der Waals surface area contributed by atoms with Crippen LogP contribution < -0.4 is 16.7 Å². The summed E-state index contributed by atoms with van der Waals surface area (Å²) in [6, 6.07) is 0.830. The molecule has 1 aliphatic heterocycles. The van der Waals surface area contributed by atoms with Crippen molar-refractivity contribution in [3.05, 3.63) is 11.8 Å². The summed E-state index contributed by atoms with van der Waals surface area (Å²) in [4.78, 5) is 7.08. The van der Waals surface area contributed by atoms with E-state index in [2.05, 4.69) is 15.4 Å². The van der Waals surface area contributed by atoms with Gasteiger partial charge < -0.3 is 10.2 Å². The van der Waals surface area contributed by atoms with Crippen molar-refractivity contribution in [2.75, 3.05) is 37.2 Å². The maximum atomic E-state index is 12.6. The van der Waals surface area contributed by atoms with E-state index >= 15 is 0 Å². The number of nitrogens with one attached hydrogen (secondary N) is 2. The topological polar surface area (TPSA) is 88.3 Å². The van der Waals surface area contributed by atoms with E-state index in [-0.39, 0.29) is 11.8 Å². The lowest BCUT2D eigenvalue weighted by molar-refractivity contribution is -0.141. The number of anilines is 2. The van der Waals surface area contributed by atoms with Gasteiger partial charge in [0.15, 0.2) is 5.69 Å². The number of aromatic nitrogens is 2. The normalized spacial score (nSPS) is 17.3. The molecule has 1 fully saturated rings. The summed E-state index contributed by atoms with van der Waals surface area (Å²) in [5.74, 6) is 4.79. The molecule has 2 heterocycles. The first kappa shape index (κ1) is 13.8. The van der Waals surface area contributed by atoms with Gasteiger partial charge in [0.05, 0.1) is 13.2 Å². The number of hydrogen-bond acceptors (Lipinski definition) is 7. The quantitative estimate of drug-likeness (QED) is 0.546. The Bertz CT molecular complexity index is 434. The zero-order chi connectivity index (χ0) is 13.9. The molecule has 19 heavy (non-hydrogen) atoms. The highest BCUT2D eigenvalue weighted by Gasteiger charge is 2.33.